The number of hydrogen-bond donors (Lipinski definition) is 0. The highest BCUT2D eigenvalue weighted by Crippen LogP contribution is 2.13. The number of halogens is 1. The fourth-order valence-corrected chi connectivity index (χ4v) is 2.35. The topological polar surface area (TPSA) is 39.4 Å². The molecular formula is C21H18FN3O. The van der Waals surface area contributed by atoms with Crippen LogP contribution in [-0.4, -0.2) is 21.9 Å². The molecule has 0 spiro atoms. The van der Waals surface area contributed by atoms with Gasteiger partial charge in [0, 0.05) is 29.1 Å². The maximum Gasteiger partial charge on any atom is 0.133 e. The summed E-state index contributed by atoms with van der Waals surface area (Å²) < 4.78 is 16.5. The molecule has 4 nitrogen and oxygen atoms in total. The number of nitrogens with zero attached hydrogens (tertiary/aromatic N) is 3. The number of hydrogen-bond acceptors (Lipinski definition) is 3. The molecule has 2 aromatic carbocycles. The Bertz CT molecular complexity index is 938. The zero-order chi connectivity index (χ0) is 18.2. The van der Waals surface area contributed by atoms with Crippen LogP contribution in [0.25, 0.3) is 0 Å². The fraction of sp³-hybridized carbons (Fsp3) is 0.143. The Labute approximate surface area is 152 Å². The van der Waals surface area contributed by atoms with Crippen molar-refractivity contribution in [3.63, 3.8) is 0 Å². The molecule has 0 bridgehead atoms. The van der Waals surface area contributed by atoms with Gasteiger partial charge >= 0.3 is 0 Å². The quantitative estimate of drug-likeness (QED) is 0.399. The Balaban J connectivity index is 1.86. The van der Waals surface area contributed by atoms with Crippen molar-refractivity contribution in [3.05, 3.63) is 89.8 Å². The Hall–Kier alpha value is -3.39. The number of benzene rings is 2. The molecule has 0 unspecified atom stereocenters. The number of rotatable bonds is 5. The molecule has 0 amide bonds. The predicted octanol–water partition coefficient (Wildman–Crippen LogP) is 3.86. The molecule has 3 rings (SSSR count). The van der Waals surface area contributed by atoms with E-state index in [1.54, 1.807) is 35.4 Å². The molecule has 0 saturated heterocycles. The predicted molar refractivity (Wildman–Crippen MR) is 99.2 cm³/mol. The van der Waals surface area contributed by atoms with E-state index in [0.717, 1.165) is 5.56 Å². The first-order valence-electron chi connectivity index (χ1n) is 8.28. The minimum absolute atomic E-state index is 0.367. The van der Waals surface area contributed by atoms with Crippen LogP contribution in [0.5, 0.6) is 0 Å². The number of imidazole rings is 1. The highest BCUT2D eigenvalue weighted by atomic mass is 19.1. The van der Waals surface area contributed by atoms with Crippen LogP contribution in [0.15, 0.2) is 72.4 Å². The van der Waals surface area contributed by atoms with Gasteiger partial charge in [0.15, 0.2) is 0 Å². The third-order valence-corrected chi connectivity index (χ3v) is 3.60. The molecule has 1 heterocycles. The van der Waals surface area contributed by atoms with Gasteiger partial charge < -0.3 is 9.40 Å². The van der Waals surface area contributed by atoms with E-state index < -0.39 is 0 Å². The van der Waals surface area contributed by atoms with Crippen LogP contribution in [0.1, 0.15) is 23.6 Å². The lowest BCUT2D eigenvalue weighted by atomic mass is 10.1. The van der Waals surface area contributed by atoms with Gasteiger partial charge in [-0.15, -0.1) is 0 Å². The van der Waals surface area contributed by atoms with Gasteiger partial charge in [-0.3, -0.25) is 0 Å². The molecule has 130 valence electrons. The van der Waals surface area contributed by atoms with E-state index >= 15 is 0 Å². The Morgan fingerprint density at radius 1 is 1.15 bits per heavy atom. The summed E-state index contributed by atoms with van der Waals surface area (Å²) >= 11 is 0. The smallest absolute Gasteiger partial charge is 0.133 e. The van der Waals surface area contributed by atoms with Crippen LogP contribution < -0.4 is 0 Å². The molecule has 3 aromatic rings. The largest absolute Gasteiger partial charge is 0.396 e. The molecule has 0 aliphatic carbocycles. The highest BCUT2D eigenvalue weighted by Gasteiger charge is 2.12. The van der Waals surface area contributed by atoms with Gasteiger partial charge in [0.25, 0.3) is 0 Å². The first kappa shape index (κ1) is 17.4. The summed E-state index contributed by atoms with van der Waals surface area (Å²) in [5, 5.41) is 4.06. The van der Waals surface area contributed by atoms with Gasteiger partial charge in [-0.25, -0.2) is 9.37 Å². The lowest BCUT2D eigenvalue weighted by molar-refractivity contribution is 0.158. The average molecular weight is 347 g/mol. The molecule has 0 aliphatic rings. The summed E-state index contributed by atoms with van der Waals surface area (Å²) in [5.41, 5.74) is 2.37. The van der Waals surface area contributed by atoms with Crippen LogP contribution in [0.3, 0.4) is 0 Å². The first-order chi connectivity index (χ1) is 12.8. The van der Waals surface area contributed by atoms with E-state index in [1.165, 1.54) is 6.07 Å². The summed E-state index contributed by atoms with van der Waals surface area (Å²) in [6.45, 7) is 2.61. The summed E-state index contributed by atoms with van der Waals surface area (Å²) in [7, 11) is 0. The molecule has 0 N–H and O–H groups in total. The summed E-state index contributed by atoms with van der Waals surface area (Å²) in [6.07, 6.45) is 5.11. The van der Waals surface area contributed by atoms with Crippen molar-refractivity contribution in [1.82, 2.24) is 9.55 Å². The van der Waals surface area contributed by atoms with Crippen LogP contribution in [0.2, 0.25) is 0 Å². The van der Waals surface area contributed by atoms with Gasteiger partial charge in [-0.05, 0) is 37.3 Å². The molecular weight excluding hydrogens is 329 g/mol. The van der Waals surface area contributed by atoms with E-state index in [0.29, 0.717) is 30.0 Å². The Kier molecular flexibility index (Phi) is 5.79. The fourth-order valence-electron chi connectivity index (χ4n) is 2.35. The van der Waals surface area contributed by atoms with Gasteiger partial charge in [0.1, 0.15) is 18.1 Å². The zero-order valence-electron chi connectivity index (χ0n) is 14.4. The molecule has 5 heteroatoms. The highest BCUT2D eigenvalue weighted by molar-refractivity contribution is 6.00. The maximum atomic E-state index is 14.7. The van der Waals surface area contributed by atoms with Gasteiger partial charge in [-0.1, -0.05) is 35.2 Å². The number of oxime groups is 1. The normalized spacial score (nSPS) is 10.9. The first-order valence-corrected chi connectivity index (χ1v) is 8.28. The standard InChI is InChI=1S/C21H18FN3O/c1-2-26-24-21(15-25-13-12-23-16-25)19-11-10-18(14-20(19)22)9-8-17-6-4-3-5-7-17/h3-7,10-14,16H,2,15H2,1H3. The van der Waals surface area contributed by atoms with E-state index in [4.69, 9.17) is 4.84 Å². The second-order valence-electron chi connectivity index (χ2n) is 5.50. The van der Waals surface area contributed by atoms with E-state index in [1.807, 2.05) is 37.3 Å². The van der Waals surface area contributed by atoms with E-state index in [2.05, 4.69) is 22.0 Å². The van der Waals surface area contributed by atoms with Crippen LogP contribution in [0.4, 0.5) is 4.39 Å². The molecule has 0 radical (unpaired) electrons. The van der Waals surface area contributed by atoms with Gasteiger partial charge in [0.05, 0.1) is 12.9 Å². The van der Waals surface area contributed by atoms with Crippen LogP contribution in [-0.2, 0) is 11.4 Å². The van der Waals surface area contributed by atoms with Crippen molar-refractivity contribution in [3.8, 4) is 11.8 Å². The van der Waals surface area contributed by atoms with Gasteiger partial charge in [-0.2, -0.15) is 0 Å². The van der Waals surface area contributed by atoms with Crippen molar-refractivity contribution in [1.29, 1.82) is 0 Å². The second kappa shape index (κ2) is 8.63. The van der Waals surface area contributed by atoms with E-state index in [9.17, 15) is 4.39 Å². The van der Waals surface area contributed by atoms with Crippen LogP contribution in [0, 0.1) is 17.7 Å². The van der Waals surface area contributed by atoms with Crippen molar-refractivity contribution < 1.29 is 9.23 Å². The molecule has 1 aromatic heterocycles. The Morgan fingerprint density at radius 3 is 2.65 bits per heavy atom. The van der Waals surface area contributed by atoms with Gasteiger partial charge in [0.2, 0.25) is 0 Å². The van der Waals surface area contributed by atoms with Crippen LogP contribution >= 0.6 is 0 Å². The third kappa shape index (κ3) is 4.58. The number of aromatic nitrogens is 2. The summed E-state index contributed by atoms with van der Waals surface area (Å²) in [6, 6.07) is 14.5. The molecule has 0 saturated carbocycles. The van der Waals surface area contributed by atoms with Crippen molar-refractivity contribution >= 4 is 5.71 Å². The SMILES string of the molecule is CCON=C(Cn1ccnc1)c1ccc(C#Cc2ccccc2)cc1F. The van der Waals surface area contributed by atoms with Crippen molar-refractivity contribution in [2.75, 3.05) is 6.61 Å². The average Bonchev–Trinajstić information content (AvgIpc) is 3.18. The van der Waals surface area contributed by atoms with Crippen molar-refractivity contribution in [2.24, 2.45) is 5.16 Å². The van der Waals surface area contributed by atoms with E-state index in [-0.39, 0.29) is 5.82 Å². The molecule has 0 aliphatic heterocycles. The molecule has 26 heavy (non-hydrogen) atoms. The second-order valence-corrected chi connectivity index (χ2v) is 5.50. The third-order valence-electron chi connectivity index (χ3n) is 3.60. The summed E-state index contributed by atoms with van der Waals surface area (Å²) in [5.74, 6) is 5.62. The monoisotopic (exact) mass is 347 g/mol. The minimum Gasteiger partial charge on any atom is -0.396 e. The van der Waals surface area contributed by atoms with Crippen molar-refractivity contribution in [2.45, 2.75) is 13.5 Å². The lowest BCUT2D eigenvalue weighted by Crippen LogP contribution is -2.13. The lowest BCUT2D eigenvalue weighted by Gasteiger charge is -2.09. The maximum absolute atomic E-state index is 14.7. The minimum atomic E-state index is -0.386. The zero-order valence-corrected chi connectivity index (χ0v) is 14.4. The summed E-state index contributed by atoms with van der Waals surface area (Å²) in [4.78, 5) is 9.14. The Morgan fingerprint density at radius 2 is 1.96 bits per heavy atom. The molecule has 0 fully saturated rings. The molecule has 0 atom stereocenters.